The van der Waals surface area contributed by atoms with Gasteiger partial charge in [-0.1, -0.05) is 35.4 Å². The van der Waals surface area contributed by atoms with E-state index in [4.69, 9.17) is 13.0 Å². The van der Waals surface area contributed by atoms with E-state index in [1.165, 1.54) is 0 Å². The summed E-state index contributed by atoms with van der Waals surface area (Å²) in [7, 11) is -8.02. The maximum absolute atomic E-state index is 14.0. The zero-order valence-corrected chi connectivity index (χ0v) is 19.3. The summed E-state index contributed by atoms with van der Waals surface area (Å²) in [6.45, 7) is 10.9. The monoisotopic (exact) mass is 488 g/mol. The topological polar surface area (TPSA) is 57.2 Å². The molecule has 174 valence electrons. The molecule has 0 heterocycles. The molecule has 0 saturated carbocycles. The minimum Gasteiger partial charge on any atom is -0.741 e. The van der Waals surface area contributed by atoms with Gasteiger partial charge >= 0.3 is 11.0 Å². The molecule has 0 aliphatic carbocycles. The van der Waals surface area contributed by atoms with Gasteiger partial charge in [0.1, 0.15) is 0 Å². The average molecular weight is 489 g/mol. The molecular formula is C20H22F6O3S2. The molecule has 0 radical (unpaired) electrons. The Morgan fingerprint density at radius 3 is 1.06 bits per heavy atom. The van der Waals surface area contributed by atoms with E-state index in [0.717, 1.165) is 11.1 Å². The number of halogens is 6. The molecule has 0 fully saturated rings. The lowest BCUT2D eigenvalue weighted by molar-refractivity contribution is -0.0518. The van der Waals surface area contributed by atoms with Crippen molar-refractivity contribution in [2.24, 2.45) is 0 Å². The largest absolute Gasteiger partial charge is 0.741 e. The second-order valence-corrected chi connectivity index (χ2v) is 10.4. The average Bonchev–Trinajstić information content (AvgIpc) is 2.49. The summed E-state index contributed by atoms with van der Waals surface area (Å²) in [6, 6.07) is 7.36. The highest BCUT2D eigenvalue weighted by Gasteiger charge is 2.57. The highest BCUT2D eigenvalue weighted by Crippen LogP contribution is 2.44. The van der Waals surface area contributed by atoms with Gasteiger partial charge in [0.05, 0.1) is 0 Å². The van der Waals surface area contributed by atoms with Crippen molar-refractivity contribution in [1.29, 1.82) is 0 Å². The minimum atomic E-state index is -6.09. The number of hydrogen-bond acceptors (Lipinski definition) is 3. The van der Waals surface area contributed by atoms with Crippen LogP contribution in [0.15, 0.2) is 34.1 Å². The molecule has 0 saturated heterocycles. The number of benzene rings is 2. The van der Waals surface area contributed by atoms with E-state index in [9.17, 15) is 26.3 Å². The van der Waals surface area contributed by atoms with Gasteiger partial charge in [0.2, 0.25) is 0 Å². The fourth-order valence-electron chi connectivity index (χ4n) is 3.31. The normalized spacial score (nSPS) is 12.6. The fourth-order valence-corrected chi connectivity index (χ4v) is 5.50. The van der Waals surface area contributed by atoms with Crippen molar-refractivity contribution in [2.45, 2.75) is 62.4 Å². The van der Waals surface area contributed by atoms with E-state index in [1.807, 2.05) is 38.1 Å². The number of rotatable bonds is 2. The predicted molar refractivity (Wildman–Crippen MR) is 107 cm³/mol. The number of aryl methyl sites for hydroxylation is 6. The van der Waals surface area contributed by atoms with Gasteiger partial charge in [-0.3, -0.25) is 0 Å². The third-order valence-corrected chi connectivity index (χ3v) is 7.27. The fraction of sp³-hybridized carbons (Fsp3) is 0.400. The van der Waals surface area contributed by atoms with Gasteiger partial charge in [0, 0.05) is 22.3 Å². The van der Waals surface area contributed by atoms with Gasteiger partial charge in [0.15, 0.2) is 30.8 Å². The van der Waals surface area contributed by atoms with Gasteiger partial charge in [-0.2, -0.15) is 13.2 Å². The van der Waals surface area contributed by atoms with Crippen LogP contribution in [0.5, 0.6) is 0 Å². The van der Waals surface area contributed by atoms with Crippen molar-refractivity contribution in [3.8, 4) is 0 Å². The first-order valence-electron chi connectivity index (χ1n) is 8.76. The van der Waals surface area contributed by atoms with Crippen LogP contribution in [0.25, 0.3) is 0 Å². The van der Waals surface area contributed by atoms with E-state index >= 15 is 0 Å². The summed E-state index contributed by atoms with van der Waals surface area (Å²) >= 11 is 0. The Morgan fingerprint density at radius 1 is 0.677 bits per heavy atom. The van der Waals surface area contributed by atoms with Crippen LogP contribution >= 0.6 is 0 Å². The van der Waals surface area contributed by atoms with Gasteiger partial charge in [-0.15, -0.1) is 13.2 Å². The van der Waals surface area contributed by atoms with Crippen LogP contribution in [0.4, 0.5) is 26.3 Å². The summed E-state index contributed by atoms with van der Waals surface area (Å²) < 4.78 is 101. The Labute approximate surface area is 180 Å². The molecule has 0 aliphatic heterocycles. The van der Waals surface area contributed by atoms with Crippen molar-refractivity contribution >= 4 is 21.0 Å². The molecule has 0 bridgehead atoms. The smallest absolute Gasteiger partial charge is 0.586 e. The van der Waals surface area contributed by atoms with Crippen molar-refractivity contribution in [1.82, 2.24) is 0 Å². The first-order chi connectivity index (χ1) is 13.8. The standard InChI is InChI=1S/C19H22F3S.CHF3O3S/c1-11-7-13(3)17(14(4)8-11)23(19(20,21)22)18-15(5)9-12(2)10-16(18)6;2-1(3,4)8(5,6)7/h7-10H,1-6H3;(H,5,6,7)/q+1;/p-1. The summed E-state index contributed by atoms with van der Waals surface area (Å²) in [4.78, 5) is 0.830. The molecule has 0 aromatic heterocycles. The second-order valence-electron chi connectivity index (χ2n) is 7.11. The summed E-state index contributed by atoms with van der Waals surface area (Å²) in [5.41, 5.74) is -5.11. The Balaban J connectivity index is 0.000000512. The molecule has 2 aromatic rings. The minimum absolute atomic E-state index is 0.415. The van der Waals surface area contributed by atoms with Crippen molar-refractivity contribution in [3.05, 3.63) is 57.6 Å². The van der Waals surface area contributed by atoms with E-state index in [1.54, 1.807) is 27.7 Å². The molecule has 0 spiro atoms. The molecule has 0 aliphatic rings. The van der Waals surface area contributed by atoms with Gasteiger partial charge in [-0.05, 0) is 41.5 Å². The quantitative estimate of drug-likeness (QED) is 0.221. The van der Waals surface area contributed by atoms with E-state index in [-0.39, 0.29) is 0 Å². The SMILES string of the molecule is Cc1cc(C)c([S+](c2c(C)cc(C)cc2C)C(F)(F)F)c(C)c1.O=S(=O)([O-])C(F)(F)F. The van der Waals surface area contributed by atoms with Crippen molar-refractivity contribution < 1.29 is 39.3 Å². The van der Waals surface area contributed by atoms with Crippen LogP contribution in [0.2, 0.25) is 0 Å². The third kappa shape index (κ3) is 6.88. The number of hydrogen-bond donors (Lipinski definition) is 0. The van der Waals surface area contributed by atoms with Crippen LogP contribution in [-0.2, 0) is 21.0 Å². The van der Waals surface area contributed by atoms with Gasteiger partial charge in [0.25, 0.3) is 0 Å². The van der Waals surface area contributed by atoms with Gasteiger partial charge in [-0.25, -0.2) is 8.42 Å². The molecule has 2 rings (SSSR count). The highest BCUT2D eigenvalue weighted by atomic mass is 32.2. The Morgan fingerprint density at radius 2 is 0.903 bits per heavy atom. The first-order valence-corrected chi connectivity index (χ1v) is 11.4. The van der Waals surface area contributed by atoms with Crippen LogP contribution in [0, 0.1) is 41.5 Å². The third-order valence-electron chi connectivity index (χ3n) is 4.13. The first kappa shape index (κ1) is 27.3. The Kier molecular flexibility index (Phi) is 8.30. The zero-order chi connectivity index (χ0) is 24.5. The summed E-state index contributed by atoms with van der Waals surface area (Å²) in [5.74, 6) is 0. The lowest BCUT2D eigenvalue weighted by Crippen LogP contribution is -2.27. The molecule has 31 heavy (non-hydrogen) atoms. The number of alkyl halides is 6. The molecule has 11 heteroatoms. The summed E-state index contributed by atoms with van der Waals surface area (Å²) in [6.07, 6.45) is 0. The molecule has 0 amide bonds. The van der Waals surface area contributed by atoms with E-state index < -0.39 is 32.0 Å². The zero-order valence-electron chi connectivity index (χ0n) is 17.6. The molecule has 2 aromatic carbocycles. The van der Waals surface area contributed by atoms with E-state index in [0.29, 0.717) is 32.0 Å². The molecule has 0 N–H and O–H groups in total. The maximum Gasteiger partial charge on any atom is 0.586 e. The molecule has 0 unspecified atom stereocenters. The Hall–Kier alpha value is -1.72. The van der Waals surface area contributed by atoms with Crippen LogP contribution in [0.3, 0.4) is 0 Å². The highest BCUT2D eigenvalue weighted by molar-refractivity contribution is 7.98. The predicted octanol–water partition coefficient (Wildman–Crippen LogP) is 6.14. The van der Waals surface area contributed by atoms with Crippen molar-refractivity contribution in [2.75, 3.05) is 0 Å². The van der Waals surface area contributed by atoms with Crippen LogP contribution < -0.4 is 0 Å². The lowest BCUT2D eigenvalue weighted by atomic mass is 10.1. The second kappa shape index (κ2) is 9.41. The molecule has 3 nitrogen and oxygen atoms in total. The van der Waals surface area contributed by atoms with Crippen LogP contribution in [-0.4, -0.2) is 24.0 Å². The Bertz CT molecular complexity index is 954. The van der Waals surface area contributed by atoms with Gasteiger partial charge < -0.3 is 4.55 Å². The van der Waals surface area contributed by atoms with Crippen molar-refractivity contribution in [3.63, 3.8) is 0 Å². The maximum atomic E-state index is 14.0. The lowest BCUT2D eigenvalue weighted by Gasteiger charge is -2.18. The van der Waals surface area contributed by atoms with Crippen LogP contribution in [0.1, 0.15) is 33.4 Å². The summed E-state index contributed by atoms with van der Waals surface area (Å²) in [5, 5.41) is 0. The van der Waals surface area contributed by atoms with E-state index in [2.05, 4.69) is 0 Å². The molecular weight excluding hydrogens is 466 g/mol. The molecule has 0 atom stereocenters.